The maximum Gasteiger partial charge on any atom is 0.324 e. The molecule has 0 bridgehead atoms. The molecule has 0 radical (unpaired) electrons. The average molecular weight is 478 g/mol. The van der Waals surface area contributed by atoms with Gasteiger partial charge in [0.1, 0.15) is 23.1 Å². The summed E-state index contributed by atoms with van der Waals surface area (Å²) in [5.41, 5.74) is 2.25. The highest BCUT2D eigenvalue weighted by molar-refractivity contribution is 5.99. The lowest BCUT2D eigenvalue weighted by molar-refractivity contribution is 0.262. The highest BCUT2D eigenvalue weighted by atomic mass is 19.1. The van der Waals surface area contributed by atoms with Crippen LogP contribution in [-0.4, -0.2) is 30.6 Å². The molecule has 0 unspecified atom stereocenters. The fraction of sp³-hybridized carbons (Fsp3) is 0.280. The number of nitrogens with zero attached hydrogens (tertiary/aromatic N) is 5. The van der Waals surface area contributed by atoms with Crippen LogP contribution in [0.3, 0.4) is 0 Å². The summed E-state index contributed by atoms with van der Waals surface area (Å²) in [5, 5.41) is 13.9. The number of hydrogen-bond donors (Lipinski definition) is 2. The summed E-state index contributed by atoms with van der Waals surface area (Å²) in [5.74, 6) is 0.668. The van der Waals surface area contributed by atoms with Gasteiger partial charge < -0.3 is 10.1 Å². The Hall–Kier alpha value is -4.21. The molecular weight excluding hydrogens is 449 g/mol. The topological polar surface area (TPSA) is 98.9 Å². The van der Waals surface area contributed by atoms with E-state index in [0.717, 1.165) is 17.8 Å². The van der Waals surface area contributed by atoms with Crippen LogP contribution in [0.1, 0.15) is 33.4 Å². The zero-order chi connectivity index (χ0) is 25.2. The van der Waals surface area contributed by atoms with E-state index in [4.69, 9.17) is 4.74 Å². The van der Waals surface area contributed by atoms with E-state index in [2.05, 4.69) is 25.8 Å². The number of benzene rings is 1. The molecule has 0 saturated heterocycles. The standard InChI is InChI=1S/C25H28FN7O2/c1-6-33-15-16(14-28-33)21-12-18(9-10-27-21)35-17-7-8-20(19(26)11-17)29-24(34)30-23-13-22(25(2,3)4)31-32(23)5/h7-15H,6H2,1-5H3,(H2,29,30,34). The molecule has 35 heavy (non-hydrogen) atoms. The van der Waals surface area contributed by atoms with Crippen molar-refractivity contribution in [3.63, 3.8) is 0 Å². The number of amides is 2. The van der Waals surface area contributed by atoms with Crippen LogP contribution in [0.5, 0.6) is 11.5 Å². The number of aryl methyl sites for hydroxylation is 2. The molecule has 0 aliphatic rings. The Morgan fingerprint density at radius 3 is 2.54 bits per heavy atom. The smallest absolute Gasteiger partial charge is 0.324 e. The van der Waals surface area contributed by atoms with Crippen molar-refractivity contribution in [1.29, 1.82) is 0 Å². The number of rotatable bonds is 6. The number of anilines is 2. The Labute approximate surface area is 202 Å². The Morgan fingerprint density at radius 2 is 1.89 bits per heavy atom. The Bertz CT molecular complexity index is 1350. The van der Waals surface area contributed by atoms with Gasteiger partial charge in [-0.15, -0.1) is 0 Å². The molecule has 0 aliphatic heterocycles. The number of hydrogen-bond acceptors (Lipinski definition) is 5. The number of ether oxygens (including phenoxy) is 1. The van der Waals surface area contributed by atoms with Crippen molar-refractivity contribution in [3.8, 4) is 22.8 Å². The van der Waals surface area contributed by atoms with Crippen LogP contribution in [0, 0.1) is 5.82 Å². The first kappa shape index (κ1) is 23.9. The Kier molecular flexibility index (Phi) is 6.54. The predicted molar refractivity (Wildman–Crippen MR) is 132 cm³/mol. The fourth-order valence-electron chi connectivity index (χ4n) is 3.32. The minimum Gasteiger partial charge on any atom is -0.457 e. The second-order valence-electron chi connectivity index (χ2n) is 9.07. The van der Waals surface area contributed by atoms with Gasteiger partial charge in [0.25, 0.3) is 0 Å². The van der Waals surface area contributed by atoms with Gasteiger partial charge in [-0.05, 0) is 25.1 Å². The number of nitrogens with one attached hydrogen (secondary N) is 2. The molecule has 1 aromatic carbocycles. The van der Waals surface area contributed by atoms with E-state index in [1.54, 1.807) is 53.1 Å². The van der Waals surface area contributed by atoms with E-state index in [1.165, 1.54) is 12.1 Å². The lowest BCUT2D eigenvalue weighted by Crippen LogP contribution is -2.21. The molecule has 3 heterocycles. The minimum atomic E-state index is -0.628. The number of pyridine rings is 1. The van der Waals surface area contributed by atoms with Gasteiger partial charge in [-0.3, -0.25) is 19.7 Å². The third-order valence-electron chi connectivity index (χ3n) is 5.30. The van der Waals surface area contributed by atoms with Gasteiger partial charge in [0.2, 0.25) is 0 Å². The van der Waals surface area contributed by atoms with Crippen molar-refractivity contribution in [1.82, 2.24) is 24.5 Å². The van der Waals surface area contributed by atoms with Gasteiger partial charge in [0, 0.05) is 55.2 Å². The maximum absolute atomic E-state index is 14.7. The van der Waals surface area contributed by atoms with E-state index < -0.39 is 11.8 Å². The van der Waals surface area contributed by atoms with Gasteiger partial charge in [-0.25, -0.2) is 9.18 Å². The molecule has 2 amide bonds. The Balaban J connectivity index is 1.42. The summed E-state index contributed by atoms with van der Waals surface area (Å²) in [4.78, 5) is 16.8. The third-order valence-corrected chi connectivity index (χ3v) is 5.30. The van der Waals surface area contributed by atoms with E-state index in [9.17, 15) is 9.18 Å². The first-order valence-corrected chi connectivity index (χ1v) is 11.2. The molecule has 4 rings (SSSR count). The van der Waals surface area contributed by atoms with Gasteiger partial charge in [-0.1, -0.05) is 20.8 Å². The average Bonchev–Trinajstić information content (AvgIpc) is 3.43. The lowest BCUT2D eigenvalue weighted by Gasteiger charge is -2.13. The van der Waals surface area contributed by atoms with Gasteiger partial charge in [-0.2, -0.15) is 10.2 Å². The van der Waals surface area contributed by atoms with Gasteiger partial charge in [0.15, 0.2) is 0 Å². The minimum absolute atomic E-state index is 0.0236. The number of halogens is 1. The summed E-state index contributed by atoms with van der Waals surface area (Å²) in [6.45, 7) is 8.86. The molecule has 0 aliphatic carbocycles. The molecule has 2 N–H and O–H groups in total. The summed E-state index contributed by atoms with van der Waals surface area (Å²) < 4.78 is 23.9. The number of carbonyl (C=O) groups excluding carboxylic acids is 1. The van der Waals surface area contributed by atoms with Gasteiger partial charge >= 0.3 is 6.03 Å². The first-order valence-electron chi connectivity index (χ1n) is 11.2. The van der Waals surface area contributed by atoms with Crippen molar-refractivity contribution in [2.24, 2.45) is 7.05 Å². The second kappa shape index (κ2) is 9.57. The first-order chi connectivity index (χ1) is 16.6. The number of carbonyl (C=O) groups is 1. The highest BCUT2D eigenvalue weighted by Crippen LogP contribution is 2.28. The molecule has 4 aromatic rings. The molecule has 9 nitrogen and oxygen atoms in total. The third kappa shape index (κ3) is 5.65. The predicted octanol–water partition coefficient (Wildman–Crippen LogP) is 5.57. The summed E-state index contributed by atoms with van der Waals surface area (Å²) >= 11 is 0. The van der Waals surface area contributed by atoms with Gasteiger partial charge in [0.05, 0.1) is 23.3 Å². The largest absolute Gasteiger partial charge is 0.457 e. The monoisotopic (exact) mass is 477 g/mol. The summed E-state index contributed by atoms with van der Waals surface area (Å²) in [6, 6.07) is 8.90. The van der Waals surface area contributed by atoms with Crippen LogP contribution in [-0.2, 0) is 19.0 Å². The van der Waals surface area contributed by atoms with E-state index in [0.29, 0.717) is 17.3 Å². The highest BCUT2D eigenvalue weighted by Gasteiger charge is 2.20. The van der Waals surface area contributed by atoms with E-state index in [1.807, 2.05) is 33.9 Å². The van der Waals surface area contributed by atoms with Crippen molar-refractivity contribution < 1.29 is 13.9 Å². The van der Waals surface area contributed by atoms with Crippen LogP contribution in [0.4, 0.5) is 20.7 Å². The lowest BCUT2D eigenvalue weighted by atomic mass is 9.92. The molecule has 0 saturated carbocycles. The van der Waals surface area contributed by atoms with E-state index >= 15 is 0 Å². The van der Waals surface area contributed by atoms with Crippen molar-refractivity contribution in [2.45, 2.75) is 39.7 Å². The normalized spacial score (nSPS) is 11.4. The summed E-state index contributed by atoms with van der Waals surface area (Å²) in [7, 11) is 1.73. The maximum atomic E-state index is 14.7. The number of aromatic nitrogens is 5. The zero-order valence-electron chi connectivity index (χ0n) is 20.3. The molecule has 0 spiro atoms. The van der Waals surface area contributed by atoms with Crippen LogP contribution in [0.2, 0.25) is 0 Å². The second-order valence-corrected chi connectivity index (χ2v) is 9.07. The van der Waals surface area contributed by atoms with Crippen molar-refractivity contribution in [3.05, 3.63) is 66.5 Å². The molecule has 0 fully saturated rings. The quantitative estimate of drug-likeness (QED) is 0.378. The zero-order valence-corrected chi connectivity index (χ0v) is 20.3. The molecule has 0 atom stereocenters. The van der Waals surface area contributed by atoms with Crippen LogP contribution >= 0.6 is 0 Å². The Morgan fingerprint density at radius 1 is 1.11 bits per heavy atom. The fourth-order valence-corrected chi connectivity index (χ4v) is 3.32. The van der Waals surface area contributed by atoms with Crippen molar-refractivity contribution in [2.75, 3.05) is 10.6 Å². The SMILES string of the molecule is CCn1cc(-c2cc(Oc3ccc(NC(=O)Nc4cc(C(C)(C)C)nn4C)c(F)c3)ccn2)cn1. The van der Waals surface area contributed by atoms with Crippen LogP contribution in [0.15, 0.2) is 55.0 Å². The van der Waals surface area contributed by atoms with Crippen LogP contribution in [0.25, 0.3) is 11.3 Å². The number of urea groups is 1. The molecular formula is C25H28FN7O2. The van der Waals surface area contributed by atoms with Crippen molar-refractivity contribution >= 4 is 17.5 Å². The molecule has 3 aromatic heterocycles. The van der Waals surface area contributed by atoms with Crippen LogP contribution < -0.4 is 15.4 Å². The van der Waals surface area contributed by atoms with E-state index in [-0.39, 0.29) is 16.9 Å². The summed E-state index contributed by atoms with van der Waals surface area (Å²) in [6.07, 6.45) is 5.25. The molecule has 182 valence electrons. The molecule has 10 heteroatoms.